The molecule has 0 aliphatic rings. The Labute approximate surface area is 147 Å². The third-order valence-corrected chi connectivity index (χ3v) is 3.37. The number of aromatic nitrogens is 1. The highest BCUT2D eigenvalue weighted by atomic mass is 19.4. The molecule has 0 unspecified atom stereocenters. The highest BCUT2D eigenvalue weighted by Crippen LogP contribution is 2.22. The molecule has 1 aromatic carbocycles. The minimum absolute atomic E-state index is 0.123. The molecule has 138 valence electrons. The molecule has 0 aliphatic carbocycles. The molecule has 1 aromatic heterocycles. The molecular weight excluding hydrogens is 351 g/mol. The lowest BCUT2D eigenvalue weighted by molar-refractivity contribution is -0.154. The normalized spacial score (nSPS) is 11.0. The monoisotopic (exact) mass is 367 g/mol. The zero-order chi connectivity index (χ0) is 19.3. The number of rotatable bonds is 5. The van der Waals surface area contributed by atoms with Crippen molar-refractivity contribution in [2.75, 3.05) is 23.9 Å². The number of pyridine rings is 1. The van der Waals surface area contributed by atoms with Gasteiger partial charge in [0.25, 0.3) is 5.91 Å². The second kappa shape index (κ2) is 7.85. The smallest absolute Gasteiger partial charge is 0.422 e. The molecule has 1 heterocycles. The first-order chi connectivity index (χ1) is 12.2. The molecule has 0 saturated heterocycles. The van der Waals surface area contributed by atoms with E-state index in [4.69, 9.17) is 0 Å². The molecule has 0 fully saturated rings. The summed E-state index contributed by atoms with van der Waals surface area (Å²) in [4.78, 5) is 28.7. The summed E-state index contributed by atoms with van der Waals surface area (Å²) in [5.41, 5.74) is 0.911. The van der Waals surface area contributed by atoms with E-state index in [9.17, 15) is 22.8 Å². The number of benzene rings is 1. The van der Waals surface area contributed by atoms with Crippen LogP contribution in [0.2, 0.25) is 0 Å². The van der Waals surface area contributed by atoms with Crippen LogP contribution in [0.1, 0.15) is 17.3 Å². The first-order valence-corrected chi connectivity index (χ1v) is 7.47. The first-order valence-electron chi connectivity index (χ1n) is 7.47. The topological polar surface area (TPSA) is 71.5 Å². The van der Waals surface area contributed by atoms with Crippen LogP contribution in [0.15, 0.2) is 42.6 Å². The third kappa shape index (κ3) is 5.20. The van der Waals surface area contributed by atoms with E-state index in [0.29, 0.717) is 11.4 Å². The van der Waals surface area contributed by atoms with Crippen LogP contribution in [-0.4, -0.2) is 36.6 Å². The average molecular weight is 367 g/mol. The quantitative estimate of drug-likeness (QED) is 0.881. The van der Waals surface area contributed by atoms with Gasteiger partial charge in [0.2, 0.25) is 11.8 Å². The van der Waals surface area contributed by atoms with Crippen molar-refractivity contribution < 1.29 is 27.5 Å². The first kappa shape index (κ1) is 19.2. The number of carbonyl (C=O) groups excluding carboxylic acids is 2. The summed E-state index contributed by atoms with van der Waals surface area (Å²) < 4.78 is 41.5. The molecule has 9 heteroatoms. The van der Waals surface area contributed by atoms with Crippen LogP contribution >= 0.6 is 0 Å². The van der Waals surface area contributed by atoms with Crippen molar-refractivity contribution in [2.24, 2.45) is 0 Å². The highest BCUT2D eigenvalue weighted by Gasteiger charge is 2.29. The molecule has 0 radical (unpaired) electrons. The van der Waals surface area contributed by atoms with E-state index >= 15 is 0 Å². The van der Waals surface area contributed by atoms with E-state index in [1.807, 2.05) is 0 Å². The van der Waals surface area contributed by atoms with Crippen molar-refractivity contribution in [3.63, 3.8) is 0 Å². The minimum atomic E-state index is -4.54. The summed E-state index contributed by atoms with van der Waals surface area (Å²) in [6.45, 7) is -0.128. The molecule has 1 N–H and O–H groups in total. The third-order valence-electron chi connectivity index (χ3n) is 3.37. The van der Waals surface area contributed by atoms with Gasteiger partial charge in [-0.15, -0.1) is 0 Å². The fraction of sp³-hybridized carbons (Fsp3) is 0.235. The van der Waals surface area contributed by atoms with Gasteiger partial charge in [-0.25, -0.2) is 4.98 Å². The van der Waals surface area contributed by atoms with Crippen molar-refractivity contribution >= 4 is 23.2 Å². The Balaban J connectivity index is 2.11. The predicted molar refractivity (Wildman–Crippen MR) is 89.3 cm³/mol. The van der Waals surface area contributed by atoms with Crippen LogP contribution in [0.25, 0.3) is 0 Å². The molecule has 2 rings (SSSR count). The zero-order valence-corrected chi connectivity index (χ0v) is 14.0. The van der Waals surface area contributed by atoms with E-state index < -0.39 is 24.6 Å². The van der Waals surface area contributed by atoms with Gasteiger partial charge in [-0.05, 0) is 36.4 Å². The summed E-state index contributed by atoms with van der Waals surface area (Å²) >= 11 is 0. The number of alkyl halides is 3. The molecule has 26 heavy (non-hydrogen) atoms. The molecule has 2 aromatic rings. The second-order valence-corrected chi connectivity index (χ2v) is 5.34. The van der Waals surface area contributed by atoms with Gasteiger partial charge >= 0.3 is 6.18 Å². The Hall–Kier alpha value is -3.10. The lowest BCUT2D eigenvalue weighted by Gasteiger charge is -2.15. The number of nitrogens with zero attached hydrogens (tertiary/aromatic N) is 2. The maximum atomic E-state index is 12.3. The Morgan fingerprint density at radius 1 is 1.19 bits per heavy atom. The number of hydrogen-bond acceptors (Lipinski definition) is 4. The van der Waals surface area contributed by atoms with E-state index in [1.165, 1.54) is 30.2 Å². The highest BCUT2D eigenvalue weighted by molar-refractivity contribution is 6.06. The summed E-state index contributed by atoms with van der Waals surface area (Å²) in [7, 11) is 1.61. The van der Waals surface area contributed by atoms with Crippen LogP contribution in [0.4, 0.5) is 24.5 Å². The predicted octanol–water partition coefficient (Wildman–Crippen LogP) is 3.26. The lowest BCUT2D eigenvalue weighted by Crippen LogP contribution is -2.23. The number of halogens is 3. The summed E-state index contributed by atoms with van der Waals surface area (Å²) in [5.74, 6) is -1.22. The van der Waals surface area contributed by atoms with Gasteiger partial charge in [0.05, 0.1) is 0 Å². The van der Waals surface area contributed by atoms with Crippen LogP contribution in [0.3, 0.4) is 0 Å². The zero-order valence-electron chi connectivity index (χ0n) is 14.0. The maximum Gasteiger partial charge on any atom is 0.422 e. The second-order valence-electron chi connectivity index (χ2n) is 5.34. The number of hydrogen-bond donors (Lipinski definition) is 1. The van der Waals surface area contributed by atoms with Crippen LogP contribution in [0, 0.1) is 0 Å². The van der Waals surface area contributed by atoms with Gasteiger partial charge in [-0.1, -0.05) is 0 Å². The molecule has 6 nitrogen and oxygen atoms in total. The van der Waals surface area contributed by atoms with Crippen molar-refractivity contribution in [3.8, 4) is 5.88 Å². The summed E-state index contributed by atoms with van der Waals surface area (Å²) in [6, 6.07) is 9.12. The van der Waals surface area contributed by atoms with E-state index in [2.05, 4.69) is 15.0 Å². The molecule has 0 spiro atoms. The van der Waals surface area contributed by atoms with Gasteiger partial charge in [0.1, 0.15) is 5.56 Å². The number of anilines is 2. The summed E-state index contributed by atoms with van der Waals surface area (Å²) in [5, 5.41) is 2.55. The maximum absolute atomic E-state index is 12.3. The van der Waals surface area contributed by atoms with Crippen LogP contribution in [0.5, 0.6) is 5.88 Å². The fourth-order valence-electron chi connectivity index (χ4n) is 1.98. The van der Waals surface area contributed by atoms with Gasteiger partial charge in [-0.3, -0.25) is 9.59 Å². The van der Waals surface area contributed by atoms with Crippen LogP contribution in [-0.2, 0) is 4.79 Å². The van der Waals surface area contributed by atoms with Gasteiger partial charge in [-0.2, -0.15) is 13.2 Å². The molecule has 0 aliphatic heterocycles. The van der Waals surface area contributed by atoms with E-state index in [0.717, 1.165) is 0 Å². The van der Waals surface area contributed by atoms with Crippen molar-refractivity contribution in [3.05, 3.63) is 48.2 Å². The standard InChI is InChI=1S/C17H16F3N3O3/c1-11(24)23(2)13-7-5-12(6-8-13)22-15(25)14-4-3-9-21-16(14)26-10-17(18,19)20/h3-9H,10H2,1-2H3,(H,22,25). The minimum Gasteiger partial charge on any atom is -0.467 e. The molecular formula is C17H16F3N3O3. The number of amides is 2. The Morgan fingerprint density at radius 3 is 2.42 bits per heavy atom. The Morgan fingerprint density at radius 2 is 1.85 bits per heavy atom. The largest absolute Gasteiger partial charge is 0.467 e. The van der Waals surface area contributed by atoms with Crippen LogP contribution < -0.4 is 15.0 Å². The average Bonchev–Trinajstić information content (AvgIpc) is 2.59. The molecule has 0 saturated carbocycles. The fourth-order valence-corrected chi connectivity index (χ4v) is 1.98. The lowest BCUT2D eigenvalue weighted by atomic mass is 10.2. The van der Waals surface area contributed by atoms with Crippen molar-refractivity contribution in [1.82, 2.24) is 4.98 Å². The molecule has 0 atom stereocenters. The van der Waals surface area contributed by atoms with E-state index in [1.54, 1.807) is 31.3 Å². The molecule has 2 amide bonds. The Bertz CT molecular complexity index is 792. The number of ether oxygens (including phenoxy) is 1. The van der Waals surface area contributed by atoms with Crippen molar-refractivity contribution in [1.29, 1.82) is 0 Å². The Kier molecular flexibility index (Phi) is 5.81. The number of carbonyl (C=O) groups is 2. The van der Waals surface area contributed by atoms with Gasteiger partial charge in [0.15, 0.2) is 6.61 Å². The number of nitrogens with one attached hydrogen (secondary N) is 1. The molecule has 0 bridgehead atoms. The van der Waals surface area contributed by atoms with E-state index in [-0.39, 0.29) is 11.5 Å². The van der Waals surface area contributed by atoms with Gasteiger partial charge < -0.3 is 15.0 Å². The van der Waals surface area contributed by atoms with Crippen molar-refractivity contribution in [2.45, 2.75) is 13.1 Å². The summed E-state index contributed by atoms with van der Waals surface area (Å²) in [6.07, 6.45) is -3.31. The SMILES string of the molecule is CC(=O)N(C)c1ccc(NC(=O)c2cccnc2OCC(F)(F)F)cc1. The van der Waals surface area contributed by atoms with Gasteiger partial charge in [0, 0.05) is 31.5 Å².